The second kappa shape index (κ2) is 9.24. The zero-order chi connectivity index (χ0) is 17.4. The third kappa shape index (κ3) is 5.50. The van der Waals surface area contributed by atoms with Crippen molar-refractivity contribution in [1.82, 2.24) is 20.8 Å². The zero-order valence-electron chi connectivity index (χ0n) is 14.0. The van der Waals surface area contributed by atoms with Crippen LogP contribution in [-0.2, 0) is 17.8 Å². The molecule has 0 saturated carbocycles. The highest BCUT2D eigenvalue weighted by molar-refractivity contribution is 6.30. The Morgan fingerprint density at radius 3 is 2.88 bits per heavy atom. The summed E-state index contributed by atoms with van der Waals surface area (Å²) < 4.78 is 10.6. The van der Waals surface area contributed by atoms with Crippen LogP contribution < -0.4 is 10.6 Å². The molecule has 0 bridgehead atoms. The van der Waals surface area contributed by atoms with Crippen molar-refractivity contribution >= 4 is 17.6 Å². The van der Waals surface area contributed by atoms with E-state index in [1.807, 2.05) is 38.1 Å². The van der Waals surface area contributed by atoms with Crippen LogP contribution in [0, 0.1) is 0 Å². The molecular formula is C16H22ClN5O2. The number of halogens is 1. The summed E-state index contributed by atoms with van der Waals surface area (Å²) in [7, 11) is 1.70. The van der Waals surface area contributed by atoms with Crippen molar-refractivity contribution < 1.29 is 9.26 Å². The van der Waals surface area contributed by atoms with Crippen molar-refractivity contribution in [3.05, 3.63) is 46.6 Å². The highest BCUT2D eigenvalue weighted by Gasteiger charge is 2.13. The van der Waals surface area contributed by atoms with Gasteiger partial charge in [-0.3, -0.25) is 4.99 Å². The summed E-state index contributed by atoms with van der Waals surface area (Å²) in [5.41, 5.74) is 1.07. The first-order valence-corrected chi connectivity index (χ1v) is 8.13. The first-order valence-electron chi connectivity index (χ1n) is 7.75. The van der Waals surface area contributed by atoms with Gasteiger partial charge >= 0.3 is 0 Å². The fourth-order valence-corrected chi connectivity index (χ4v) is 2.26. The van der Waals surface area contributed by atoms with Gasteiger partial charge < -0.3 is 19.9 Å². The van der Waals surface area contributed by atoms with Crippen LogP contribution in [0.15, 0.2) is 33.8 Å². The number of nitrogens with zero attached hydrogens (tertiary/aromatic N) is 3. The van der Waals surface area contributed by atoms with Gasteiger partial charge in [0.15, 0.2) is 11.8 Å². The minimum atomic E-state index is -0.187. The molecule has 8 heteroatoms. The lowest BCUT2D eigenvalue weighted by atomic mass is 10.2. The molecule has 1 aromatic carbocycles. The molecule has 2 rings (SSSR count). The molecule has 1 unspecified atom stereocenters. The highest BCUT2D eigenvalue weighted by Crippen LogP contribution is 2.12. The Labute approximate surface area is 146 Å². The van der Waals surface area contributed by atoms with Gasteiger partial charge in [-0.15, -0.1) is 0 Å². The van der Waals surface area contributed by atoms with Crippen LogP contribution in [0.4, 0.5) is 0 Å². The van der Waals surface area contributed by atoms with Crippen molar-refractivity contribution in [2.24, 2.45) is 4.99 Å². The van der Waals surface area contributed by atoms with Crippen molar-refractivity contribution in [3.63, 3.8) is 0 Å². The summed E-state index contributed by atoms with van der Waals surface area (Å²) in [5.74, 6) is 1.64. The van der Waals surface area contributed by atoms with Crippen LogP contribution in [0.25, 0.3) is 0 Å². The lowest BCUT2D eigenvalue weighted by molar-refractivity contribution is 0.0683. The molecule has 0 amide bonds. The van der Waals surface area contributed by atoms with Gasteiger partial charge in [0.25, 0.3) is 0 Å². The number of ether oxygens (including phenoxy) is 1. The smallest absolute Gasteiger partial charge is 0.246 e. The minimum absolute atomic E-state index is 0.187. The molecule has 2 N–H and O–H groups in total. The Kier molecular flexibility index (Phi) is 7.02. The second-order valence-electron chi connectivity index (χ2n) is 5.05. The molecule has 1 heterocycles. The van der Waals surface area contributed by atoms with Crippen molar-refractivity contribution in [3.8, 4) is 0 Å². The van der Waals surface area contributed by atoms with Gasteiger partial charge in [-0.1, -0.05) is 28.9 Å². The normalized spacial score (nSPS) is 12.9. The van der Waals surface area contributed by atoms with E-state index in [0.29, 0.717) is 42.4 Å². The first-order chi connectivity index (χ1) is 11.6. The number of guanidine groups is 1. The van der Waals surface area contributed by atoms with E-state index in [0.717, 1.165) is 5.56 Å². The molecule has 24 heavy (non-hydrogen) atoms. The molecule has 0 spiro atoms. The largest absolute Gasteiger partial charge is 0.371 e. The van der Waals surface area contributed by atoms with Gasteiger partial charge in [-0.05, 0) is 31.5 Å². The summed E-state index contributed by atoms with van der Waals surface area (Å²) in [4.78, 5) is 8.46. The van der Waals surface area contributed by atoms with Crippen LogP contribution >= 0.6 is 11.6 Å². The molecule has 1 aromatic heterocycles. The molecule has 7 nitrogen and oxygen atoms in total. The van der Waals surface area contributed by atoms with E-state index in [4.69, 9.17) is 20.9 Å². The van der Waals surface area contributed by atoms with Crippen LogP contribution in [0.5, 0.6) is 0 Å². The molecule has 0 fully saturated rings. The van der Waals surface area contributed by atoms with Crippen LogP contribution in [0.3, 0.4) is 0 Å². The van der Waals surface area contributed by atoms with Gasteiger partial charge in [0.05, 0.1) is 6.54 Å². The third-order valence-electron chi connectivity index (χ3n) is 3.24. The van der Waals surface area contributed by atoms with Gasteiger partial charge in [-0.25, -0.2) is 0 Å². The van der Waals surface area contributed by atoms with Gasteiger partial charge in [0, 0.05) is 25.2 Å². The monoisotopic (exact) mass is 351 g/mol. The lowest BCUT2D eigenvalue weighted by Crippen LogP contribution is -2.36. The Bertz CT molecular complexity index is 674. The maximum absolute atomic E-state index is 5.97. The summed E-state index contributed by atoms with van der Waals surface area (Å²) in [5, 5.41) is 10.9. The summed E-state index contributed by atoms with van der Waals surface area (Å²) >= 11 is 5.97. The predicted molar refractivity (Wildman–Crippen MR) is 92.8 cm³/mol. The third-order valence-corrected chi connectivity index (χ3v) is 3.48. The number of rotatable bonds is 7. The van der Waals surface area contributed by atoms with Gasteiger partial charge in [-0.2, -0.15) is 4.98 Å². The maximum atomic E-state index is 5.97. The quantitative estimate of drug-likeness (QED) is 0.589. The zero-order valence-corrected chi connectivity index (χ0v) is 14.8. The summed E-state index contributed by atoms with van der Waals surface area (Å²) in [6.07, 6.45) is -0.187. The van der Waals surface area contributed by atoms with Crippen molar-refractivity contribution in [2.75, 3.05) is 13.7 Å². The van der Waals surface area contributed by atoms with E-state index in [9.17, 15) is 0 Å². The second-order valence-corrected chi connectivity index (χ2v) is 5.49. The van der Waals surface area contributed by atoms with E-state index < -0.39 is 0 Å². The lowest BCUT2D eigenvalue weighted by Gasteiger charge is -2.10. The maximum Gasteiger partial charge on any atom is 0.246 e. The predicted octanol–water partition coefficient (Wildman–Crippen LogP) is 2.69. The fraction of sp³-hybridized carbons (Fsp3) is 0.438. The number of hydrogen-bond donors (Lipinski definition) is 2. The number of hydrogen-bond acceptors (Lipinski definition) is 5. The summed E-state index contributed by atoms with van der Waals surface area (Å²) in [6.45, 7) is 5.40. The van der Waals surface area contributed by atoms with Crippen molar-refractivity contribution in [1.29, 1.82) is 0 Å². The Morgan fingerprint density at radius 2 is 2.17 bits per heavy atom. The number of nitrogens with one attached hydrogen (secondary N) is 2. The van der Waals surface area contributed by atoms with Crippen LogP contribution in [-0.4, -0.2) is 29.8 Å². The van der Waals surface area contributed by atoms with Gasteiger partial charge in [0.2, 0.25) is 5.89 Å². The highest BCUT2D eigenvalue weighted by atomic mass is 35.5. The van der Waals surface area contributed by atoms with Gasteiger partial charge in [0.1, 0.15) is 6.10 Å². The van der Waals surface area contributed by atoms with Crippen LogP contribution in [0.1, 0.15) is 37.2 Å². The van der Waals surface area contributed by atoms with E-state index in [-0.39, 0.29) is 6.10 Å². The first kappa shape index (κ1) is 18.2. The topological polar surface area (TPSA) is 84.6 Å². The Morgan fingerprint density at radius 1 is 1.38 bits per heavy atom. The average Bonchev–Trinajstić information content (AvgIpc) is 3.04. The Balaban J connectivity index is 1.83. The fourth-order valence-electron chi connectivity index (χ4n) is 2.04. The van der Waals surface area contributed by atoms with E-state index in [2.05, 4.69) is 25.8 Å². The average molecular weight is 352 g/mol. The summed E-state index contributed by atoms with van der Waals surface area (Å²) in [6, 6.07) is 7.65. The van der Waals surface area contributed by atoms with E-state index >= 15 is 0 Å². The molecular weight excluding hydrogens is 330 g/mol. The SMILES string of the molecule is CCOC(C)c1noc(CNC(=NC)NCc2cccc(Cl)c2)n1. The molecule has 1 atom stereocenters. The van der Waals surface area contributed by atoms with E-state index in [1.54, 1.807) is 7.05 Å². The van der Waals surface area contributed by atoms with E-state index in [1.165, 1.54) is 0 Å². The number of aliphatic imine (C=N–C) groups is 1. The van der Waals surface area contributed by atoms with Crippen LogP contribution in [0.2, 0.25) is 5.02 Å². The molecule has 0 aliphatic carbocycles. The Hall–Kier alpha value is -2.12. The molecule has 0 saturated heterocycles. The number of aromatic nitrogens is 2. The minimum Gasteiger partial charge on any atom is -0.371 e. The molecule has 0 radical (unpaired) electrons. The molecule has 2 aromatic rings. The standard InChI is InChI=1S/C16H22ClN5O2/c1-4-23-11(2)15-21-14(24-22-15)10-20-16(18-3)19-9-12-6-5-7-13(17)8-12/h5-8,11H,4,9-10H2,1-3H3,(H2,18,19,20). The molecule has 130 valence electrons. The molecule has 0 aliphatic rings. The molecule has 0 aliphatic heterocycles. The van der Waals surface area contributed by atoms with Crippen molar-refractivity contribution in [2.45, 2.75) is 33.0 Å². The number of benzene rings is 1.